The van der Waals surface area contributed by atoms with E-state index in [2.05, 4.69) is 10.3 Å². The van der Waals surface area contributed by atoms with Gasteiger partial charge >= 0.3 is 0 Å². The van der Waals surface area contributed by atoms with Crippen molar-refractivity contribution in [2.45, 2.75) is 26.8 Å². The Hall–Kier alpha value is -3.73. The second-order valence-electron chi connectivity index (χ2n) is 7.41. The number of carbonyl (C=O) groups is 1. The molecular weight excluding hydrogens is 374 g/mol. The minimum Gasteiger partial charge on any atom is -0.326 e. The summed E-state index contributed by atoms with van der Waals surface area (Å²) in [5.41, 5.74) is 5.57. The molecule has 1 N–H and O–H groups in total. The standard InChI is InChI=1S/C25H23N3O2/c1-17-21-7-3-4-8-23(21)26-18(2)22(17)15-24(29)27-20-12-10-19(11-13-20)16-28-14-6-5-9-25(28)30/h3-14H,15-16H2,1-2H3,(H,27,29). The number of pyridine rings is 2. The lowest BCUT2D eigenvalue weighted by atomic mass is 9.99. The van der Waals surface area contributed by atoms with E-state index in [1.165, 1.54) is 0 Å². The van der Waals surface area contributed by atoms with Crippen molar-refractivity contribution in [2.75, 3.05) is 5.32 Å². The second kappa shape index (κ2) is 8.33. The van der Waals surface area contributed by atoms with Gasteiger partial charge in [-0.2, -0.15) is 0 Å². The van der Waals surface area contributed by atoms with E-state index in [-0.39, 0.29) is 17.9 Å². The lowest BCUT2D eigenvalue weighted by molar-refractivity contribution is -0.115. The van der Waals surface area contributed by atoms with Gasteiger partial charge in [0.2, 0.25) is 5.91 Å². The first-order valence-corrected chi connectivity index (χ1v) is 9.90. The monoisotopic (exact) mass is 397 g/mol. The van der Waals surface area contributed by atoms with Crippen molar-refractivity contribution in [2.24, 2.45) is 0 Å². The van der Waals surface area contributed by atoms with Crippen molar-refractivity contribution in [1.82, 2.24) is 9.55 Å². The van der Waals surface area contributed by atoms with Crippen LogP contribution in [0, 0.1) is 13.8 Å². The first kappa shape index (κ1) is 19.6. The van der Waals surface area contributed by atoms with Crippen LogP contribution in [-0.2, 0) is 17.8 Å². The van der Waals surface area contributed by atoms with Crippen molar-refractivity contribution in [3.05, 3.63) is 106 Å². The number of para-hydroxylation sites is 1. The number of hydrogen-bond acceptors (Lipinski definition) is 3. The molecule has 0 unspecified atom stereocenters. The summed E-state index contributed by atoms with van der Waals surface area (Å²) in [6.07, 6.45) is 2.04. The van der Waals surface area contributed by atoms with Crippen LogP contribution in [0.2, 0.25) is 0 Å². The fourth-order valence-electron chi connectivity index (χ4n) is 3.68. The molecule has 2 heterocycles. The zero-order valence-electron chi connectivity index (χ0n) is 17.1. The van der Waals surface area contributed by atoms with Crippen LogP contribution in [0.25, 0.3) is 10.9 Å². The first-order valence-electron chi connectivity index (χ1n) is 9.90. The minimum atomic E-state index is -0.0784. The van der Waals surface area contributed by atoms with Gasteiger partial charge in [-0.3, -0.25) is 14.6 Å². The van der Waals surface area contributed by atoms with Crippen LogP contribution in [0.4, 0.5) is 5.69 Å². The summed E-state index contributed by atoms with van der Waals surface area (Å²) in [4.78, 5) is 29.2. The van der Waals surface area contributed by atoms with E-state index in [0.29, 0.717) is 6.54 Å². The number of hydrogen-bond donors (Lipinski definition) is 1. The number of aryl methyl sites for hydroxylation is 2. The van der Waals surface area contributed by atoms with Crippen LogP contribution < -0.4 is 10.9 Å². The largest absolute Gasteiger partial charge is 0.326 e. The van der Waals surface area contributed by atoms with Gasteiger partial charge in [0.1, 0.15) is 0 Å². The Labute approximate surface area is 175 Å². The molecule has 0 radical (unpaired) electrons. The minimum absolute atomic E-state index is 0.0374. The Balaban J connectivity index is 1.46. The van der Waals surface area contributed by atoms with Crippen LogP contribution in [0.1, 0.15) is 22.4 Å². The van der Waals surface area contributed by atoms with Crippen LogP contribution >= 0.6 is 0 Å². The first-order chi connectivity index (χ1) is 14.5. The van der Waals surface area contributed by atoms with Gasteiger partial charge in [-0.15, -0.1) is 0 Å². The fourth-order valence-corrected chi connectivity index (χ4v) is 3.68. The molecule has 0 aliphatic carbocycles. The van der Waals surface area contributed by atoms with Crippen molar-refractivity contribution in [1.29, 1.82) is 0 Å². The molecule has 0 aliphatic heterocycles. The molecule has 2 aromatic carbocycles. The summed E-state index contributed by atoms with van der Waals surface area (Å²) >= 11 is 0. The Morgan fingerprint density at radius 3 is 2.47 bits per heavy atom. The number of benzene rings is 2. The van der Waals surface area contributed by atoms with E-state index in [1.807, 2.05) is 68.4 Å². The molecule has 5 heteroatoms. The van der Waals surface area contributed by atoms with E-state index < -0.39 is 0 Å². The molecule has 4 rings (SSSR count). The fraction of sp³-hybridized carbons (Fsp3) is 0.160. The number of anilines is 1. The molecule has 150 valence electrons. The smallest absolute Gasteiger partial charge is 0.250 e. The molecule has 5 nitrogen and oxygen atoms in total. The zero-order chi connectivity index (χ0) is 21.1. The summed E-state index contributed by atoms with van der Waals surface area (Å²) in [7, 11) is 0. The molecule has 0 bridgehead atoms. The summed E-state index contributed by atoms with van der Waals surface area (Å²) in [6.45, 7) is 4.48. The van der Waals surface area contributed by atoms with Crippen molar-refractivity contribution in [3.8, 4) is 0 Å². The normalized spacial score (nSPS) is 10.9. The molecule has 0 spiro atoms. The van der Waals surface area contributed by atoms with Gasteiger partial charge < -0.3 is 9.88 Å². The van der Waals surface area contributed by atoms with Gasteiger partial charge in [-0.25, -0.2) is 0 Å². The van der Waals surface area contributed by atoms with Crippen molar-refractivity contribution < 1.29 is 4.79 Å². The maximum atomic E-state index is 12.7. The number of fused-ring (bicyclic) bond motifs is 1. The van der Waals surface area contributed by atoms with Crippen LogP contribution in [0.5, 0.6) is 0 Å². The molecule has 0 saturated carbocycles. The van der Waals surface area contributed by atoms with Crippen LogP contribution in [0.3, 0.4) is 0 Å². The molecule has 0 fully saturated rings. The van der Waals surface area contributed by atoms with Gasteiger partial charge in [0, 0.05) is 29.0 Å². The maximum absolute atomic E-state index is 12.7. The molecule has 0 aliphatic rings. The summed E-state index contributed by atoms with van der Waals surface area (Å²) in [5.74, 6) is -0.0784. The molecule has 0 atom stereocenters. The SMILES string of the molecule is Cc1nc2ccccc2c(C)c1CC(=O)Nc1ccc(Cn2ccccc2=O)cc1. The third-order valence-corrected chi connectivity index (χ3v) is 5.31. The molecule has 2 aromatic heterocycles. The van der Waals surface area contributed by atoms with Crippen molar-refractivity contribution in [3.63, 3.8) is 0 Å². The van der Waals surface area contributed by atoms with Crippen molar-refractivity contribution >= 4 is 22.5 Å². The zero-order valence-corrected chi connectivity index (χ0v) is 17.1. The predicted octanol–water partition coefficient (Wildman–Crippen LogP) is 4.24. The lowest BCUT2D eigenvalue weighted by Crippen LogP contribution is -2.18. The number of nitrogens with one attached hydrogen (secondary N) is 1. The predicted molar refractivity (Wildman–Crippen MR) is 120 cm³/mol. The molecule has 0 saturated heterocycles. The highest BCUT2D eigenvalue weighted by Gasteiger charge is 2.13. The third-order valence-electron chi connectivity index (χ3n) is 5.31. The van der Waals surface area contributed by atoms with Gasteiger partial charge in [0.15, 0.2) is 0 Å². The number of rotatable bonds is 5. The van der Waals surface area contributed by atoms with Crippen LogP contribution in [-0.4, -0.2) is 15.5 Å². The molecule has 4 aromatic rings. The number of amides is 1. The highest BCUT2D eigenvalue weighted by Crippen LogP contribution is 2.23. The quantitative estimate of drug-likeness (QED) is 0.548. The maximum Gasteiger partial charge on any atom is 0.250 e. The highest BCUT2D eigenvalue weighted by atomic mass is 16.1. The average Bonchev–Trinajstić information content (AvgIpc) is 2.74. The average molecular weight is 397 g/mol. The van der Waals surface area contributed by atoms with Gasteiger partial charge in [0.25, 0.3) is 5.56 Å². The highest BCUT2D eigenvalue weighted by molar-refractivity contribution is 5.94. The number of aromatic nitrogens is 2. The Morgan fingerprint density at radius 2 is 1.70 bits per heavy atom. The van der Waals surface area contributed by atoms with E-state index in [4.69, 9.17) is 0 Å². The summed E-state index contributed by atoms with van der Waals surface area (Å²) < 4.78 is 1.64. The Morgan fingerprint density at radius 1 is 0.967 bits per heavy atom. The second-order valence-corrected chi connectivity index (χ2v) is 7.41. The van der Waals surface area contributed by atoms with E-state index >= 15 is 0 Å². The van der Waals surface area contributed by atoms with Gasteiger partial charge in [-0.05, 0) is 54.8 Å². The Kier molecular flexibility index (Phi) is 5.44. The Bertz CT molecular complexity index is 1270. The molecule has 1 amide bonds. The molecular formula is C25H23N3O2. The summed E-state index contributed by atoms with van der Waals surface area (Å²) in [5, 5.41) is 4.04. The lowest BCUT2D eigenvalue weighted by Gasteiger charge is -2.13. The van der Waals surface area contributed by atoms with E-state index in [1.54, 1.807) is 22.9 Å². The van der Waals surface area contributed by atoms with E-state index in [0.717, 1.165) is 39.0 Å². The van der Waals surface area contributed by atoms with Crippen LogP contribution in [0.15, 0.2) is 77.7 Å². The number of carbonyl (C=O) groups excluding carboxylic acids is 1. The molecule has 30 heavy (non-hydrogen) atoms. The van der Waals surface area contributed by atoms with E-state index in [9.17, 15) is 9.59 Å². The third kappa shape index (κ3) is 4.15. The van der Waals surface area contributed by atoms with Gasteiger partial charge in [-0.1, -0.05) is 36.4 Å². The number of nitrogens with zero attached hydrogens (tertiary/aromatic N) is 2. The van der Waals surface area contributed by atoms with Gasteiger partial charge in [0.05, 0.1) is 18.5 Å². The topological polar surface area (TPSA) is 64.0 Å². The summed E-state index contributed by atoms with van der Waals surface area (Å²) in [6, 6.07) is 20.7.